The Balaban J connectivity index is 0.000000247. The smallest absolute Gasteiger partial charge is 0.345 e. The molecule has 0 bridgehead atoms. The number of aromatic carboxylic acids is 1. The highest BCUT2D eigenvalue weighted by Gasteiger charge is 2.25. The van der Waals surface area contributed by atoms with Crippen LogP contribution in [0.5, 0.6) is 5.75 Å². The number of hydrogen-bond donors (Lipinski definition) is 2. The second-order valence-corrected chi connectivity index (χ2v) is 14.7. The molecule has 0 saturated carbocycles. The third kappa shape index (κ3) is 12.7. The number of carbonyl (C=O) groups is 3. The molecule has 0 unspecified atom stereocenters. The number of halogens is 2. The first-order chi connectivity index (χ1) is 27.6. The molecule has 59 heavy (non-hydrogen) atoms. The Morgan fingerprint density at radius 2 is 1.05 bits per heavy atom. The van der Waals surface area contributed by atoms with E-state index in [1.807, 2.05) is 32.3 Å². The van der Waals surface area contributed by atoms with E-state index in [1.54, 1.807) is 58.2 Å². The number of nitrogens with zero attached hydrogens (tertiary/aromatic N) is 2. The molecule has 0 radical (unpaired) electrons. The Morgan fingerprint density at radius 3 is 1.51 bits per heavy atom. The van der Waals surface area contributed by atoms with Gasteiger partial charge in [-0.3, -0.25) is 14.4 Å². The molecule has 15 heteroatoms. The minimum atomic E-state index is -1.40. The van der Waals surface area contributed by atoms with Crippen molar-refractivity contribution in [3.05, 3.63) is 167 Å². The molecule has 13 nitrogen and oxygen atoms in total. The highest BCUT2D eigenvalue weighted by Crippen LogP contribution is 2.24. The number of benzene rings is 2. The summed E-state index contributed by atoms with van der Waals surface area (Å²) in [4.78, 5) is 69.4. The van der Waals surface area contributed by atoms with Crippen molar-refractivity contribution in [3.63, 3.8) is 0 Å². The summed E-state index contributed by atoms with van der Waals surface area (Å²) < 4.78 is 43.8. The van der Waals surface area contributed by atoms with Gasteiger partial charge in [-0.15, -0.1) is 0 Å². The first kappa shape index (κ1) is 46.7. The maximum absolute atomic E-state index is 13.1. The van der Waals surface area contributed by atoms with E-state index < -0.39 is 45.7 Å². The normalized spacial score (nSPS) is 11.0. The fourth-order valence-corrected chi connectivity index (χ4v) is 5.74. The summed E-state index contributed by atoms with van der Waals surface area (Å²) in [6, 6.07) is 12.3. The van der Waals surface area contributed by atoms with E-state index in [1.165, 1.54) is 53.7 Å². The Labute approximate surface area is 339 Å². The van der Waals surface area contributed by atoms with Crippen LogP contribution < -0.4 is 16.3 Å². The van der Waals surface area contributed by atoms with Gasteiger partial charge >= 0.3 is 17.9 Å². The number of ether oxygens (including phenoxy) is 2. The summed E-state index contributed by atoms with van der Waals surface area (Å²) in [5.74, 6) is -3.88. The topological polar surface area (TPSA) is 184 Å². The first-order valence-corrected chi connectivity index (χ1v) is 18.4. The summed E-state index contributed by atoms with van der Waals surface area (Å²) in [6.45, 7) is 14.7. The fourth-order valence-electron chi connectivity index (χ4n) is 5.74. The largest absolute Gasteiger partial charge is 0.503 e. The second kappa shape index (κ2) is 20.2. The number of rotatable bonds is 11. The number of aryl methyl sites for hydroxylation is 2. The molecule has 0 aliphatic carbocycles. The number of aromatic hydroxyl groups is 1. The highest BCUT2D eigenvalue weighted by atomic mass is 19.1. The first-order valence-electron chi connectivity index (χ1n) is 18.4. The van der Waals surface area contributed by atoms with E-state index in [2.05, 4.69) is 4.74 Å². The van der Waals surface area contributed by atoms with Gasteiger partial charge in [0.2, 0.25) is 10.9 Å². The monoisotopic (exact) mass is 818 g/mol. The van der Waals surface area contributed by atoms with Crippen molar-refractivity contribution in [2.45, 2.75) is 79.3 Å². The molecule has 5 rings (SSSR count). The minimum Gasteiger partial charge on any atom is -0.503 e. The molecule has 0 fully saturated rings. The van der Waals surface area contributed by atoms with Crippen LogP contribution in [0.1, 0.15) is 94.9 Å². The summed E-state index contributed by atoms with van der Waals surface area (Å²) >= 11 is 0. The lowest BCUT2D eigenvalue weighted by atomic mass is 9.94. The Bertz CT molecular complexity index is 2450. The standard InChI is InChI=1S/C19H22FNO3.C16H16FNO4.C9H10O4/c1-5-24-18(23)16-12-21(11-13(2)17(16)22)19(3,4)10-14-6-8-15(20)9-7-14;1-16(2,7-10-3-5-11(17)6-4-10)18-8-12(15(21)22)14(20)13(19)9-18;1-3-13-9(11)7-5-12-4-6(2)8(7)10/h6-9,11-12H,5,10H2,1-4H3;3-6,8-9,19H,7H2,1-2H3,(H,21,22);4-5H,3H2,1-2H3. The van der Waals surface area contributed by atoms with Gasteiger partial charge in [0.1, 0.15) is 34.6 Å². The van der Waals surface area contributed by atoms with Gasteiger partial charge in [0.15, 0.2) is 11.2 Å². The number of carboxylic acid groups (broad SMARTS) is 1. The van der Waals surface area contributed by atoms with Gasteiger partial charge in [-0.1, -0.05) is 24.3 Å². The summed E-state index contributed by atoms with van der Waals surface area (Å²) in [6.07, 6.45) is 9.17. The number of hydrogen-bond acceptors (Lipinski definition) is 10. The molecule has 2 N–H and O–H groups in total. The second-order valence-electron chi connectivity index (χ2n) is 14.7. The third-order valence-corrected chi connectivity index (χ3v) is 8.96. The summed E-state index contributed by atoms with van der Waals surface area (Å²) in [5.41, 5.74) is -0.424. The molecule has 0 aliphatic rings. The van der Waals surface area contributed by atoms with Crippen LogP contribution in [0.2, 0.25) is 0 Å². The van der Waals surface area contributed by atoms with Gasteiger partial charge in [-0.2, -0.15) is 0 Å². The lowest BCUT2D eigenvalue weighted by Crippen LogP contribution is -2.32. The van der Waals surface area contributed by atoms with Gasteiger partial charge in [-0.05, 0) is 104 Å². The quantitative estimate of drug-likeness (QED) is 0.132. The van der Waals surface area contributed by atoms with Gasteiger partial charge in [0, 0.05) is 40.8 Å². The number of carbonyl (C=O) groups excluding carboxylic acids is 2. The van der Waals surface area contributed by atoms with E-state index in [0.29, 0.717) is 24.0 Å². The van der Waals surface area contributed by atoms with Crippen LogP contribution in [0, 0.1) is 25.5 Å². The van der Waals surface area contributed by atoms with Crippen molar-refractivity contribution in [3.8, 4) is 5.75 Å². The molecule has 314 valence electrons. The predicted molar refractivity (Wildman–Crippen MR) is 215 cm³/mol. The third-order valence-electron chi connectivity index (χ3n) is 8.96. The Morgan fingerprint density at radius 1 is 0.627 bits per heavy atom. The zero-order chi connectivity index (χ0) is 44.2. The average molecular weight is 819 g/mol. The van der Waals surface area contributed by atoms with Crippen molar-refractivity contribution in [2.24, 2.45) is 0 Å². The summed E-state index contributed by atoms with van der Waals surface area (Å²) in [5, 5.41) is 18.7. The van der Waals surface area contributed by atoms with E-state index >= 15 is 0 Å². The van der Waals surface area contributed by atoms with E-state index in [0.717, 1.165) is 17.4 Å². The number of pyridine rings is 2. The molecule has 2 aromatic carbocycles. The molecular weight excluding hydrogens is 770 g/mol. The molecule has 0 saturated heterocycles. The maximum atomic E-state index is 13.1. The minimum absolute atomic E-state index is 0.0315. The van der Waals surface area contributed by atoms with Gasteiger partial charge in [-0.25, -0.2) is 23.2 Å². The summed E-state index contributed by atoms with van der Waals surface area (Å²) in [7, 11) is 0. The Kier molecular flexibility index (Phi) is 16.0. The number of aromatic nitrogens is 2. The van der Waals surface area contributed by atoms with Gasteiger partial charge in [0.25, 0.3) is 0 Å². The SMILES string of the molecule is CC(C)(Cc1ccc(F)cc1)n1cc(O)c(=O)c(C(=O)O)c1.CCOC(=O)c1cn(C(C)(C)Cc2ccc(F)cc2)cc(C)c1=O.CCOC(=O)c1cocc(C)c1=O. The van der Waals surface area contributed by atoms with E-state index in [-0.39, 0.29) is 46.8 Å². The molecular formula is C44H48F2N2O11. The van der Waals surface area contributed by atoms with Crippen LogP contribution in [0.3, 0.4) is 0 Å². The van der Waals surface area contributed by atoms with Gasteiger partial charge < -0.3 is 33.2 Å². The maximum Gasteiger partial charge on any atom is 0.345 e. The van der Waals surface area contributed by atoms with Crippen molar-refractivity contribution in [1.29, 1.82) is 0 Å². The van der Waals surface area contributed by atoms with Crippen molar-refractivity contribution in [1.82, 2.24) is 9.13 Å². The Hall–Kier alpha value is -6.64. The van der Waals surface area contributed by atoms with Crippen LogP contribution in [-0.4, -0.2) is 50.5 Å². The molecule has 3 aromatic heterocycles. The fraction of sp³-hybridized carbons (Fsp3) is 0.318. The lowest BCUT2D eigenvalue weighted by molar-refractivity contribution is 0.0512. The zero-order valence-electron chi connectivity index (χ0n) is 34.1. The molecule has 0 aliphatic heterocycles. The number of carboxylic acids is 1. The molecule has 3 heterocycles. The average Bonchev–Trinajstić information content (AvgIpc) is 3.17. The molecule has 0 spiro atoms. The van der Waals surface area contributed by atoms with Gasteiger partial charge in [0.05, 0.1) is 25.7 Å². The van der Waals surface area contributed by atoms with Crippen LogP contribution in [0.15, 0.2) is 105 Å². The highest BCUT2D eigenvalue weighted by molar-refractivity contribution is 5.89. The van der Waals surface area contributed by atoms with E-state index in [4.69, 9.17) is 14.3 Å². The lowest BCUT2D eigenvalue weighted by Gasteiger charge is -2.29. The van der Waals surface area contributed by atoms with Crippen LogP contribution in [-0.2, 0) is 33.4 Å². The predicted octanol–water partition coefficient (Wildman–Crippen LogP) is 6.94. The zero-order valence-corrected chi connectivity index (χ0v) is 34.1. The van der Waals surface area contributed by atoms with E-state index in [9.17, 15) is 42.7 Å². The van der Waals surface area contributed by atoms with Crippen LogP contribution >= 0.6 is 0 Å². The van der Waals surface area contributed by atoms with Crippen molar-refractivity contribution < 1.29 is 47.3 Å². The van der Waals surface area contributed by atoms with Crippen LogP contribution in [0.25, 0.3) is 0 Å². The molecule has 5 aromatic rings. The van der Waals surface area contributed by atoms with Crippen molar-refractivity contribution in [2.75, 3.05) is 13.2 Å². The van der Waals surface area contributed by atoms with Crippen LogP contribution in [0.4, 0.5) is 8.78 Å². The number of esters is 2. The van der Waals surface area contributed by atoms with Crippen molar-refractivity contribution >= 4 is 17.9 Å². The molecule has 0 amide bonds. The molecule has 0 atom stereocenters.